The zero-order valence-corrected chi connectivity index (χ0v) is 18.5. The monoisotopic (exact) mass is 391 g/mol. The van der Waals surface area contributed by atoms with Crippen molar-refractivity contribution in [2.45, 2.75) is 65.2 Å². The highest BCUT2D eigenvalue weighted by Gasteiger charge is 2.29. The summed E-state index contributed by atoms with van der Waals surface area (Å²) < 4.78 is 1.87. The zero-order valence-electron chi connectivity index (χ0n) is 16.7. The predicted octanol–water partition coefficient (Wildman–Crippen LogP) is 6.08. The van der Waals surface area contributed by atoms with Crippen LogP contribution >= 0.6 is 20.4 Å². The smallest absolute Gasteiger partial charge is 0.119 e. The number of para-hydroxylation sites is 1. The number of hydrogen-bond acceptors (Lipinski definition) is 2. The van der Waals surface area contributed by atoms with Gasteiger partial charge >= 0.3 is 0 Å². The van der Waals surface area contributed by atoms with E-state index in [0.29, 0.717) is 20.9 Å². The number of aromatic hydroxyl groups is 1. The second kappa shape index (κ2) is 8.30. The Kier molecular flexibility index (Phi) is 6.77. The average Bonchev–Trinajstić information content (AvgIpc) is 2.56. The summed E-state index contributed by atoms with van der Waals surface area (Å²) in [5.41, 5.74) is 3.43. The minimum absolute atomic E-state index is 0.0998. The van der Waals surface area contributed by atoms with Crippen molar-refractivity contribution >= 4 is 25.7 Å². The van der Waals surface area contributed by atoms with Gasteiger partial charge in [0.2, 0.25) is 0 Å². The Labute approximate surface area is 165 Å². The lowest BCUT2D eigenvalue weighted by Crippen LogP contribution is -2.34. The van der Waals surface area contributed by atoms with Gasteiger partial charge in [0, 0.05) is 22.8 Å². The molecule has 2 nitrogen and oxygen atoms in total. The standard InChI is InChI=1S/C22H31ClNOP/c1-7-22(6,18-10-8-9-11-19(18)25)26-20-13-12-16(2)14-17(20)15-24(23)21(3,4)5/h8-14,25-26H,7,15H2,1-6H3. The summed E-state index contributed by atoms with van der Waals surface area (Å²) in [4.78, 5) is 0. The maximum absolute atomic E-state index is 10.4. The van der Waals surface area contributed by atoms with Crippen molar-refractivity contribution in [2.75, 3.05) is 0 Å². The van der Waals surface area contributed by atoms with E-state index >= 15 is 0 Å². The highest BCUT2D eigenvalue weighted by atomic mass is 35.5. The van der Waals surface area contributed by atoms with Gasteiger partial charge in [-0.1, -0.05) is 64.4 Å². The molecule has 0 aliphatic rings. The van der Waals surface area contributed by atoms with Gasteiger partial charge in [-0.3, -0.25) is 0 Å². The summed E-state index contributed by atoms with van der Waals surface area (Å²) in [6.45, 7) is 13.6. The van der Waals surface area contributed by atoms with E-state index < -0.39 is 0 Å². The van der Waals surface area contributed by atoms with Gasteiger partial charge < -0.3 is 5.11 Å². The third-order valence-electron chi connectivity index (χ3n) is 4.91. The number of halogens is 1. The fraction of sp³-hybridized carbons (Fsp3) is 0.455. The summed E-state index contributed by atoms with van der Waals surface area (Å²) in [6, 6.07) is 14.3. The summed E-state index contributed by atoms with van der Waals surface area (Å²) in [5, 5.41) is 11.6. The largest absolute Gasteiger partial charge is 0.508 e. The Balaban J connectivity index is 2.40. The fourth-order valence-electron chi connectivity index (χ4n) is 2.95. The fourth-order valence-corrected chi connectivity index (χ4v) is 4.67. The van der Waals surface area contributed by atoms with Crippen molar-refractivity contribution in [3.05, 3.63) is 59.2 Å². The third kappa shape index (κ3) is 5.00. The number of aryl methyl sites for hydroxylation is 1. The van der Waals surface area contributed by atoms with Crippen LogP contribution in [0.3, 0.4) is 0 Å². The number of phenolic OH excluding ortho intramolecular Hbond substituents is 1. The summed E-state index contributed by atoms with van der Waals surface area (Å²) in [6.07, 6.45) is 0.959. The van der Waals surface area contributed by atoms with Gasteiger partial charge in [0.1, 0.15) is 5.75 Å². The number of nitrogens with zero attached hydrogens (tertiary/aromatic N) is 1. The molecule has 142 valence electrons. The van der Waals surface area contributed by atoms with E-state index in [2.05, 4.69) is 59.7 Å². The Morgan fingerprint density at radius 3 is 2.31 bits per heavy atom. The van der Waals surface area contributed by atoms with Crippen molar-refractivity contribution in [1.82, 2.24) is 4.42 Å². The Bertz CT molecular complexity index is 756. The first kappa shape index (κ1) is 21.2. The van der Waals surface area contributed by atoms with Gasteiger partial charge in [-0.2, -0.15) is 0 Å². The van der Waals surface area contributed by atoms with Crippen LogP contribution in [-0.4, -0.2) is 15.1 Å². The molecule has 2 aromatic carbocycles. The first-order valence-electron chi connectivity index (χ1n) is 9.16. The molecule has 0 saturated carbocycles. The molecule has 2 rings (SSSR count). The van der Waals surface area contributed by atoms with Crippen molar-refractivity contribution in [2.24, 2.45) is 0 Å². The molecule has 0 heterocycles. The molecule has 0 saturated heterocycles. The Hall–Kier alpha value is -1.08. The SMILES string of the molecule is CCC(C)(Pc1ccc(C)cc1CN(Cl)C(C)(C)C)c1ccccc1O. The van der Waals surface area contributed by atoms with Crippen LogP contribution in [0.15, 0.2) is 42.5 Å². The lowest BCUT2D eigenvalue weighted by atomic mass is 9.96. The van der Waals surface area contributed by atoms with E-state index in [1.807, 2.05) is 22.6 Å². The number of hydrogen-bond donors (Lipinski definition) is 1. The van der Waals surface area contributed by atoms with Gasteiger partial charge in [-0.05, 0) is 62.8 Å². The third-order valence-corrected chi connectivity index (χ3v) is 7.47. The average molecular weight is 392 g/mol. The predicted molar refractivity (Wildman–Crippen MR) is 116 cm³/mol. The molecule has 0 aliphatic carbocycles. The van der Waals surface area contributed by atoms with E-state index in [1.165, 1.54) is 16.4 Å². The van der Waals surface area contributed by atoms with Crippen molar-refractivity contribution in [1.29, 1.82) is 0 Å². The van der Waals surface area contributed by atoms with Gasteiger partial charge in [0.15, 0.2) is 0 Å². The maximum Gasteiger partial charge on any atom is 0.119 e. The zero-order chi connectivity index (χ0) is 19.5. The van der Waals surface area contributed by atoms with E-state index in [-0.39, 0.29) is 10.7 Å². The molecule has 0 fully saturated rings. The molecule has 0 aliphatic heterocycles. The molecule has 26 heavy (non-hydrogen) atoms. The minimum atomic E-state index is -0.103. The van der Waals surface area contributed by atoms with Gasteiger partial charge in [-0.25, -0.2) is 4.42 Å². The molecule has 0 amide bonds. The summed E-state index contributed by atoms with van der Waals surface area (Å²) in [7, 11) is 0.555. The van der Waals surface area contributed by atoms with Crippen LogP contribution in [0.1, 0.15) is 57.7 Å². The second-order valence-electron chi connectivity index (χ2n) is 8.18. The molecule has 1 N–H and O–H groups in total. The molecule has 4 heteroatoms. The van der Waals surface area contributed by atoms with E-state index in [1.54, 1.807) is 6.07 Å². The van der Waals surface area contributed by atoms with Gasteiger partial charge in [0.05, 0.1) is 0 Å². The van der Waals surface area contributed by atoms with Crippen LogP contribution in [0.5, 0.6) is 5.75 Å². The molecule has 2 aromatic rings. The Morgan fingerprint density at radius 1 is 1.08 bits per heavy atom. The molecule has 2 unspecified atom stereocenters. The highest BCUT2D eigenvalue weighted by Crippen LogP contribution is 2.47. The van der Waals surface area contributed by atoms with Gasteiger partial charge in [0.25, 0.3) is 0 Å². The second-order valence-corrected chi connectivity index (χ2v) is 10.5. The first-order chi connectivity index (χ1) is 12.1. The van der Waals surface area contributed by atoms with E-state index in [9.17, 15) is 5.11 Å². The summed E-state index contributed by atoms with van der Waals surface area (Å²) in [5.74, 6) is 0.381. The molecular weight excluding hydrogens is 361 g/mol. The van der Waals surface area contributed by atoms with Crippen molar-refractivity contribution < 1.29 is 5.11 Å². The quantitative estimate of drug-likeness (QED) is 0.476. The molecule has 0 aromatic heterocycles. The van der Waals surface area contributed by atoms with Crippen molar-refractivity contribution in [3.63, 3.8) is 0 Å². The topological polar surface area (TPSA) is 23.5 Å². The molecule has 2 atom stereocenters. The number of rotatable bonds is 6. The van der Waals surface area contributed by atoms with Crippen molar-refractivity contribution in [3.8, 4) is 5.75 Å². The maximum atomic E-state index is 10.4. The molecule has 0 radical (unpaired) electrons. The van der Waals surface area contributed by atoms with Crippen LogP contribution < -0.4 is 5.30 Å². The minimum Gasteiger partial charge on any atom is -0.508 e. The highest BCUT2D eigenvalue weighted by molar-refractivity contribution is 7.48. The molecular formula is C22H31ClNOP. The first-order valence-corrected chi connectivity index (χ1v) is 10.5. The summed E-state index contributed by atoms with van der Waals surface area (Å²) >= 11 is 6.56. The normalized spacial score (nSPS) is 14.9. The lowest BCUT2D eigenvalue weighted by Gasteiger charge is -2.33. The van der Waals surface area contributed by atoms with E-state index in [4.69, 9.17) is 11.8 Å². The molecule has 0 bridgehead atoms. The molecule has 0 spiro atoms. The van der Waals surface area contributed by atoms with E-state index in [0.717, 1.165) is 12.0 Å². The van der Waals surface area contributed by atoms with Gasteiger partial charge in [-0.15, -0.1) is 0 Å². The lowest BCUT2D eigenvalue weighted by molar-refractivity contribution is 0.255. The van der Waals surface area contributed by atoms with Crippen LogP contribution in [0.25, 0.3) is 0 Å². The van der Waals surface area contributed by atoms with Crippen LogP contribution in [0.4, 0.5) is 0 Å². The van der Waals surface area contributed by atoms with Crippen LogP contribution in [0, 0.1) is 6.92 Å². The Morgan fingerprint density at radius 2 is 1.73 bits per heavy atom. The van der Waals surface area contributed by atoms with Crippen LogP contribution in [0.2, 0.25) is 0 Å². The van der Waals surface area contributed by atoms with Crippen LogP contribution in [-0.2, 0) is 11.7 Å². The number of phenols is 1. The number of benzene rings is 2.